The molecule has 1 saturated carbocycles. The third kappa shape index (κ3) is 2.39. The standard InChI is InChI=1S/C16H18ClN3O2/c1-10(21)16(2,3)20-15(22)19(13-8-9-13)14(18-20)11-4-6-12(17)7-5-11/h4-7,13H,8-9H2,1-3H3. The molecule has 1 fully saturated rings. The van der Waals surface area contributed by atoms with Crippen LogP contribution in [0.1, 0.15) is 39.7 Å². The van der Waals surface area contributed by atoms with Gasteiger partial charge < -0.3 is 0 Å². The smallest absolute Gasteiger partial charge is 0.297 e. The highest BCUT2D eigenvalue weighted by Gasteiger charge is 2.36. The Balaban J connectivity index is 2.20. The molecule has 6 heteroatoms. The van der Waals surface area contributed by atoms with E-state index in [1.807, 2.05) is 12.1 Å². The van der Waals surface area contributed by atoms with Crippen LogP contribution in [0.2, 0.25) is 5.02 Å². The molecule has 116 valence electrons. The van der Waals surface area contributed by atoms with Crippen LogP contribution in [0.5, 0.6) is 0 Å². The van der Waals surface area contributed by atoms with Gasteiger partial charge in [-0.15, -0.1) is 5.10 Å². The van der Waals surface area contributed by atoms with E-state index < -0.39 is 5.54 Å². The number of hydrogen-bond donors (Lipinski definition) is 0. The molecule has 0 spiro atoms. The fraction of sp³-hybridized carbons (Fsp3) is 0.438. The quantitative estimate of drug-likeness (QED) is 0.870. The zero-order chi connectivity index (χ0) is 16.1. The Labute approximate surface area is 133 Å². The minimum atomic E-state index is -0.960. The van der Waals surface area contributed by atoms with E-state index in [4.69, 9.17) is 11.6 Å². The number of rotatable bonds is 4. The summed E-state index contributed by atoms with van der Waals surface area (Å²) in [5, 5.41) is 5.10. The summed E-state index contributed by atoms with van der Waals surface area (Å²) in [5.41, 5.74) is -0.363. The normalized spacial score (nSPS) is 15.1. The summed E-state index contributed by atoms with van der Waals surface area (Å²) in [4.78, 5) is 24.6. The molecule has 1 aliphatic rings. The zero-order valence-corrected chi connectivity index (χ0v) is 13.6. The predicted octanol–water partition coefficient (Wildman–Crippen LogP) is 3.02. The van der Waals surface area contributed by atoms with Crippen LogP contribution in [0.25, 0.3) is 11.4 Å². The highest BCUT2D eigenvalue weighted by atomic mass is 35.5. The number of ketones is 1. The van der Waals surface area contributed by atoms with Gasteiger partial charge in [0.1, 0.15) is 5.54 Å². The molecule has 0 saturated heterocycles. The van der Waals surface area contributed by atoms with Gasteiger partial charge in [-0.1, -0.05) is 11.6 Å². The summed E-state index contributed by atoms with van der Waals surface area (Å²) < 4.78 is 3.01. The molecule has 2 aromatic rings. The number of Topliss-reactive ketones (excluding diaryl/α,β-unsaturated/α-hetero) is 1. The first-order chi connectivity index (χ1) is 10.3. The molecule has 1 heterocycles. The van der Waals surface area contributed by atoms with Crippen molar-refractivity contribution in [1.82, 2.24) is 14.3 Å². The molecule has 1 aromatic carbocycles. The highest BCUT2D eigenvalue weighted by Crippen LogP contribution is 2.37. The second kappa shape index (κ2) is 5.09. The van der Waals surface area contributed by atoms with Gasteiger partial charge in [0.15, 0.2) is 11.6 Å². The molecule has 0 N–H and O–H groups in total. The van der Waals surface area contributed by atoms with Gasteiger partial charge in [-0.25, -0.2) is 4.79 Å². The Kier molecular flexibility index (Phi) is 3.48. The first kappa shape index (κ1) is 15.0. The maximum Gasteiger partial charge on any atom is 0.347 e. The molecule has 3 rings (SSSR count). The molecule has 5 nitrogen and oxygen atoms in total. The molecular formula is C16H18ClN3O2. The molecule has 0 unspecified atom stereocenters. The van der Waals surface area contributed by atoms with Crippen molar-refractivity contribution in [2.75, 3.05) is 0 Å². The van der Waals surface area contributed by atoms with Crippen LogP contribution < -0.4 is 5.69 Å². The van der Waals surface area contributed by atoms with Crippen LogP contribution in [0.3, 0.4) is 0 Å². The molecule has 1 aliphatic carbocycles. The third-order valence-electron chi connectivity index (χ3n) is 4.22. The zero-order valence-electron chi connectivity index (χ0n) is 12.8. The average Bonchev–Trinajstić information content (AvgIpc) is 3.23. The van der Waals surface area contributed by atoms with Crippen molar-refractivity contribution in [3.05, 3.63) is 39.8 Å². The lowest BCUT2D eigenvalue weighted by atomic mass is 10.0. The molecule has 1 aromatic heterocycles. The van der Waals surface area contributed by atoms with Gasteiger partial charge in [0.05, 0.1) is 0 Å². The van der Waals surface area contributed by atoms with Gasteiger partial charge >= 0.3 is 5.69 Å². The van der Waals surface area contributed by atoms with Crippen molar-refractivity contribution in [1.29, 1.82) is 0 Å². The third-order valence-corrected chi connectivity index (χ3v) is 4.47. The first-order valence-electron chi connectivity index (χ1n) is 7.31. The summed E-state index contributed by atoms with van der Waals surface area (Å²) in [6.07, 6.45) is 1.93. The van der Waals surface area contributed by atoms with Crippen molar-refractivity contribution in [2.45, 2.75) is 45.2 Å². The van der Waals surface area contributed by atoms with Crippen LogP contribution in [0.4, 0.5) is 0 Å². The number of aromatic nitrogens is 3. The number of benzene rings is 1. The molecule has 0 bridgehead atoms. The van der Waals surface area contributed by atoms with Crippen LogP contribution in [0.15, 0.2) is 29.1 Å². The lowest BCUT2D eigenvalue weighted by Crippen LogP contribution is -2.42. The van der Waals surface area contributed by atoms with Gasteiger partial charge in [0, 0.05) is 16.6 Å². The predicted molar refractivity (Wildman–Crippen MR) is 85.2 cm³/mol. The van der Waals surface area contributed by atoms with E-state index in [9.17, 15) is 9.59 Å². The number of nitrogens with zero attached hydrogens (tertiary/aromatic N) is 3. The Morgan fingerprint density at radius 3 is 2.36 bits per heavy atom. The SMILES string of the molecule is CC(=O)C(C)(C)n1nc(-c2ccc(Cl)cc2)n(C2CC2)c1=O. The number of halogens is 1. The van der Waals surface area contributed by atoms with Gasteiger partial charge in [-0.3, -0.25) is 9.36 Å². The highest BCUT2D eigenvalue weighted by molar-refractivity contribution is 6.30. The van der Waals surface area contributed by atoms with Crippen molar-refractivity contribution in [3.8, 4) is 11.4 Å². The van der Waals surface area contributed by atoms with Crippen molar-refractivity contribution in [2.24, 2.45) is 0 Å². The van der Waals surface area contributed by atoms with Gasteiger partial charge in [-0.05, 0) is 57.9 Å². The first-order valence-corrected chi connectivity index (χ1v) is 7.69. The largest absolute Gasteiger partial charge is 0.347 e. The van der Waals surface area contributed by atoms with E-state index in [2.05, 4.69) is 5.10 Å². The Bertz CT molecular complexity index is 783. The average molecular weight is 320 g/mol. The summed E-state index contributed by atoms with van der Waals surface area (Å²) >= 11 is 5.93. The maximum absolute atomic E-state index is 12.7. The second-order valence-corrected chi connectivity index (χ2v) is 6.68. The Morgan fingerprint density at radius 2 is 1.86 bits per heavy atom. The van der Waals surface area contributed by atoms with Crippen molar-refractivity contribution in [3.63, 3.8) is 0 Å². The fourth-order valence-electron chi connectivity index (χ4n) is 2.35. The van der Waals surface area contributed by atoms with E-state index in [0.717, 1.165) is 18.4 Å². The number of carbonyl (C=O) groups excluding carboxylic acids is 1. The number of hydrogen-bond acceptors (Lipinski definition) is 3. The molecule has 22 heavy (non-hydrogen) atoms. The molecule has 0 atom stereocenters. The summed E-state index contributed by atoms with van der Waals surface area (Å²) in [6.45, 7) is 4.91. The Morgan fingerprint density at radius 1 is 1.27 bits per heavy atom. The van der Waals surface area contributed by atoms with Gasteiger partial charge in [-0.2, -0.15) is 4.68 Å². The van der Waals surface area contributed by atoms with Crippen LogP contribution >= 0.6 is 11.6 Å². The topological polar surface area (TPSA) is 56.9 Å². The Hall–Kier alpha value is -1.88. The van der Waals surface area contributed by atoms with Crippen LogP contribution in [-0.4, -0.2) is 20.1 Å². The molecule has 0 amide bonds. The lowest BCUT2D eigenvalue weighted by Gasteiger charge is -2.19. The van der Waals surface area contributed by atoms with E-state index in [1.54, 1.807) is 30.5 Å². The van der Waals surface area contributed by atoms with Gasteiger partial charge in [0.2, 0.25) is 0 Å². The fourth-order valence-corrected chi connectivity index (χ4v) is 2.48. The van der Waals surface area contributed by atoms with E-state index in [-0.39, 0.29) is 17.5 Å². The van der Waals surface area contributed by atoms with Crippen LogP contribution in [0, 0.1) is 0 Å². The molecule has 0 aliphatic heterocycles. The molecular weight excluding hydrogens is 302 g/mol. The van der Waals surface area contributed by atoms with Crippen molar-refractivity contribution >= 4 is 17.4 Å². The van der Waals surface area contributed by atoms with E-state index in [0.29, 0.717) is 10.8 Å². The van der Waals surface area contributed by atoms with E-state index >= 15 is 0 Å². The van der Waals surface area contributed by atoms with Crippen LogP contribution in [-0.2, 0) is 10.3 Å². The summed E-state index contributed by atoms with van der Waals surface area (Å²) in [7, 11) is 0. The van der Waals surface area contributed by atoms with Crippen molar-refractivity contribution < 1.29 is 4.79 Å². The molecule has 0 radical (unpaired) electrons. The second-order valence-electron chi connectivity index (χ2n) is 6.24. The van der Waals surface area contributed by atoms with E-state index in [1.165, 1.54) is 11.6 Å². The maximum atomic E-state index is 12.7. The van der Waals surface area contributed by atoms with Gasteiger partial charge in [0.25, 0.3) is 0 Å². The monoisotopic (exact) mass is 319 g/mol. The minimum Gasteiger partial charge on any atom is -0.297 e. The lowest BCUT2D eigenvalue weighted by molar-refractivity contribution is -0.124. The minimum absolute atomic E-state index is 0.0993. The summed E-state index contributed by atoms with van der Waals surface area (Å²) in [6, 6.07) is 7.40. The summed E-state index contributed by atoms with van der Waals surface area (Å²) in [5.74, 6) is 0.496. The number of carbonyl (C=O) groups is 1.